The van der Waals surface area contributed by atoms with E-state index in [0.29, 0.717) is 33.5 Å². The molecule has 33 heavy (non-hydrogen) atoms. The molecule has 0 spiro atoms. The Morgan fingerprint density at radius 3 is 2.58 bits per heavy atom. The van der Waals surface area contributed by atoms with Gasteiger partial charge in [0.1, 0.15) is 29.6 Å². The number of rotatable bonds is 7. The van der Waals surface area contributed by atoms with E-state index in [-0.39, 0.29) is 29.4 Å². The highest BCUT2D eigenvalue weighted by molar-refractivity contribution is 6.34. The number of methoxy groups -OCH3 is 1. The molecule has 0 radical (unpaired) electrons. The van der Waals surface area contributed by atoms with Crippen LogP contribution in [0, 0.1) is 10.1 Å². The molecule has 0 atom stereocenters. The lowest BCUT2D eigenvalue weighted by Gasteiger charge is -2.08. The maximum atomic E-state index is 12.8. The van der Waals surface area contributed by atoms with Crippen LogP contribution in [-0.2, 0) is 6.61 Å². The molecule has 9 nitrogen and oxygen atoms in total. The third-order valence-corrected chi connectivity index (χ3v) is 5.14. The molecular weight excluding hydrogens is 452 g/mol. The highest BCUT2D eigenvalue weighted by Gasteiger charge is 2.21. The Morgan fingerprint density at radius 1 is 1.09 bits per heavy atom. The van der Waals surface area contributed by atoms with Gasteiger partial charge in [0.05, 0.1) is 34.4 Å². The molecule has 0 fully saturated rings. The Morgan fingerprint density at radius 2 is 1.88 bits per heavy atom. The minimum Gasteiger partial charge on any atom is -0.497 e. The van der Waals surface area contributed by atoms with E-state index in [1.54, 1.807) is 36.4 Å². The molecule has 2 aromatic heterocycles. The molecule has 4 aromatic rings. The summed E-state index contributed by atoms with van der Waals surface area (Å²) >= 11 is 6.23. The van der Waals surface area contributed by atoms with Gasteiger partial charge in [-0.2, -0.15) is 0 Å². The zero-order valence-electron chi connectivity index (χ0n) is 17.2. The van der Waals surface area contributed by atoms with E-state index in [0.717, 1.165) is 0 Å². The Hall–Kier alpha value is -4.08. The van der Waals surface area contributed by atoms with E-state index in [1.807, 2.05) is 0 Å². The van der Waals surface area contributed by atoms with Gasteiger partial charge in [-0.15, -0.1) is 0 Å². The highest BCUT2D eigenvalue weighted by Crippen LogP contribution is 2.35. The summed E-state index contributed by atoms with van der Waals surface area (Å²) < 4.78 is 16.1. The molecule has 2 N–H and O–H groups in total. The van der Waals surface area contributed by atoms with Gasteiger partial charge in [0.25, 0.3) is 11.6 Å². The van der Waals surface area contributed by atoms with E-state index < -0.39 is 10.8 Å². The number of nitro groups is 1. The number of nitrogens with one attached hydrogen (secondary N) is 1. The Kier molecular flexibility index (Phi) is 6.16. The molecule has 0 bridgehead atoms. The molecule has 4 rings (SSSR count). The number of amides is 1. The molecule has 0 saturated carbocycles. The fraction of sp³-hybridized carbons (Fsp3) is 0.0870. The summed E-state index contributed by atoms with van der Waals surface area (Å²) in [6, 6.07) is 15.5. The van der Waals surface area contributed by atoms with E-state index in [9.17, 15) is 20.0 Å². The van der Waals surface area contributed by atoms with Crippen LogP contribution in [0.1, 0.15) is 16.3 Å². The van der Waals surface area contributed by atoms with Crippen molar-refractivity contribution in [3.8, 4) is 28.4 Å². The van der Waals surface area contributed by atoms with Crippen molar-refractivity contribution >= 4 is 28.9 Å². The van der Waals surface area contributed by atoms with Crippen LogP contribution in [0.2, 0.25) is 5.02 Å². The smallest absolute Gasteiger partial charge is 0.291 e. The van der Waals surface area contributed by atoms with Gasteiger partial charge in [-0.05, 0) is 54.6 Å². The van der Waals surface area contributed by atoms with Crippen molar-refractivity contribution in [2.75, 3.05) is 12.4 Å². The number of ether oxygens (including phenoxy) is 1. The Balaban J connectivity index is 1.59. The molecule has 0 aliphatic heterocycles. The standard InChI is InChI=1S/C23H17ClN2O7/c1-31-14-3-5-16(19(11-14)26(29)30)21-8-9-22(33-21)23(28)25-18-10-13(2-6-17(18)24)20-7-4-15(12-27)32-20/h2-11,27H,12H2,1H3,(H,25,28). The number of hydrogen-bond donors (Lipinski definition) is 2. The number of carbonyl (C=O) groups excluding carboxylic acids is 1. The van der Waals surface area contributed by atoms with Crippen molar-refractivity contribution in [1.82, 2.24) is 0 Å². The Bertz CT molecular complexity index is 1340. The number of furan rings is 2. The molecule has 2 aromatic carbocycles. The van der Waals surface area contributed by atoms with Gasteiger partial charge < -0.3 is 24.0 Å². The van der Waals surface area contributed by atoms with Crippen LogP contribution in [0.4, 0.5) is 11.4 Å². The predicted molar refractivity (Wildman–Crippen MR) is 120 cm³/mol. The zero-order chi connectivity index (χ0) is 23.5. The number of aliphatic hydroxyl groups excluding tert-OH is 1. The van der Waals surface area contributed by atoms with Crippen molar-refractivity contribution in [3.63, 3.8) is 0 Å². The van der Waals surface area contributed by atoms with Crippen LogP contribution >= 0.6 is 11.6 Å². The second-order valence-corrected chi connectivity index (χ2v) is 7.28. The molecular formula is C23H17ClN2O7. The number of halogens is 1. The van der Waals surface area contributed by atoms with Gasteiger partial charge >= 0.3 is 0 Å². The van der Waals surface area contributed by atoms with Crippen LogP contribution < -0.4 is 10.1 Å². The molecule has 0 aliphatic carbocycles. The highest BCUT2D eigenvalue weighted by atomic mass is 35.5. The minimum atomic E-state index is -0.591. The number of aliphatic hydroxyl groups is 1. The number of carbonyl (C=O) groups is 1. The maximum Gasteiger partial charge on any atom is 0.291 e. The van der Waals surface area contributed by atoms with Crippen molar-refractivity contribution in [3.05, 3.63) is 87.3 Å². The first kappa shape index (κ1) is 22.1. The van der Waals surface area contributed by atoms with Crippen molar-refractivity contribution < 1.29 is 28.4 Å². The van der Waals surface area contributed by atoms with Crippen LogP contribution in [-0.4, -0.2) is 23.0 Å². The molecule has 0 unspecified atom stereocenters. The molecule has 1 amide bonds. The van der Waals surface area contributed by atoms with Gasteiger partial charge in [-0.1, -0.05) is 11.6 Å². The normalized spacial score (nSPS) is 10.8. The Labute approximate surface area is 192 Å². The monoisotopic (exact) mass is 468 g/mol. The molecule has 0 saturated heterocycles. The number of nitro benzene ring substituents is 1. The summed E-state index contributed by atoms with van der Waals surface area (Å²) in [5.74, 6) is 0.734. The van der Waals surface area contributed by atoms with E-state index in [2.05, 4.69) is 5.32 Å². The van der Waals surface area contributed by atoms with Gasteiger partial charge in [0.2, 0.25) is 0 Å². The fourth-order valence-electron chi connectivity index (χ4n) is 3.18. The van der Waals surface area contributed by atoms with Crippen LogP contribution in [0.3, 0.4) is 0 Å². The number of hydrogen-bond acceptors (Lipinski definition) is 7. The summed E-state index contributed by atoms with van der Waals surface area (Å²) in [6.07, 6.45) is 0. The first-order valence-electron chi connectivity index (χ1n) is 9.63. The van der Waals surface area contributed by atoms with Crippen molar-refractivity contribution in [1.29, 1.82) is 0 Å². The number of nitrogens with zero attached hydrogens (tertiary/aromatic N) is 1. The van der Waals surface area contributed by atoms with Gasteiger partial charge in [-0.25, -0.2) is 0 Å². The lowest BCUT2D eigenvalue weighted by atomic mass is 10.1. The van der Waals surface area contributed by atoms with Crippen LogP contribution in [0.15, 0.2) is 69.5 Å². The third-order valence-electron chi connectivity index (χ3n) is 4.81. The van der Waals surface area contributed by atoms with E-state index >= 15 is 0 Å². The second-order valence-electron chi connectivity index (χ2n) is 6.88. The largest absolute Gasteiger partial charge is 0.497 e. The van der Waals surface area contributed by atoms with Crippen LogP contribution in [0.5, 0.6) is 5.75 Å². The summed E-state index contributed by atoms with van der Waals surface area (Å²) in [5.41, 5.74) is 0.947. The quantitative estimate of drug-likeness (QED) is 0.270. The van der Waals surface area contributed by atoms with Crippen LogP contribution in [0.25, 0.3) is 22.6 Å². The first-order chi connectivity index (χ1) is 15.9. The minimum absolute atomic E-state index is 0.0582. The number of benzene rings is 2. The lowest BCUT2D eigenvalue weighted by molar-refractivity contribution is -0.384. The zero-order valence-corrected chi connectivity index (χ0v) is 18.0. The third kappa shape index (κ3) is 4.59. The average molecular weight is 469 g/mol. The average Bonchev–Trinajstić information content (AvgIpc) is 3.50. The van der Waals surface area contributed by atoms with Gasteiger partial charge in [0, 0.05) is 5.56 Å². The van der Waals surface area contributed by atoms with Crippen molar-refractivity contribution in [2.24, 2.45) is 0 Å². The SMILES string of the molecule is COc1ccc(-c2ccc(C(=O)Nc3cc(-c4ccc(CO)o4)ccc3Cl)o2)c([N+](=O)[O-])c1. The topological polar surface area (TPSA) is 128 Å². The molecule has 0 aliphatic rings. The van der Waals surface area contributed by atoms with E-state index in [1.165, 1.54) is 31.4 Å². The van der Waals surface area contributed by atoms with Gasteiger partial charge in [-0.3, -0.25) is 14.9 Å². The summed E-state index contributed by atoms with van der Waals surface area (Å²) in [6.45, 7) is -0.232. The lowest BCUT2D eigenvalue weighted by Crippen LogP contribution is -2.11. The molecule has 168 valence electrons. The number of anilines is 1. The van der Waals surface area contributed by atoms with Gasteiger partial charge in [0.15, 0.2) is 5.76 Å². The predicted octanol–water partition coefficient (Wildman–Crippen LogP) is 5.52. The second kappa shape index (κ2) is 9.19. The fourth-order valence-corrected chi connectivity index (χ4v) is 3.34. The summed E-state index contributed by atoms with van der Waals surface area (Å²) in [4.78, 5) is 23.6. The van der Waals surface area contributed by atoms with E-state index in [4.69, 9.17) is 25.2 Å². The summed E-state index contributed by atoms with van der Waals surface area (Å²) in [7, 11) is 1.41. The van der Waals surface area contributed by atoms with Crippen molar-refractivity contribution in [2.45, 2.75) is 6.61 Å². The first-order valence-corrected chi connectivity index (χ1v) is 10.0. The molecule has 10 heteroatoms. The molecule has 2 heterocycles. The maximum absolute atomic E-state index is 12.8. The summed E-state index contributed by atoms with van der Waals surface area (Å²) in [5, 5.41) is 23.6.